The summed E-state index contributed by atoms with van der Waals surface area (Å²) >= 11 is 0. The Hall–Kier alpha value is -1.57. The Morgan fingerprint density at radius 3 is 2.23 bits per heavy atom. The maximum absolute atomic E-state index is 6.84. The van der Waals surface area contributed by atoms with Crippen LogP contribution in [0.1, 0.15) is 52.2 Å². The summed E-state index contributed by atoms with van der Waals surface area (Å²) in [5.41, 5.74) is 4.74. The van der Waals surface area contributed by atoms with Gasteiger partial charge in [0.05, 0.1) is 13.5 Å². The van der Waals surface area contributed by atoms with E-state index in [-0.39, 0.29) is 16.1 Å². The minimum absolute atomic E-state index is 0.0198. The molecule has 1 aromatic heterocycles. The van der Waals surface area contributed by atoms with E-state index >= 15 is 0 Å². The second kappa shape index (κ2) is 4.71. The molecule has 2 aromatic rings. The molecule has 2 unspecified atom stereocenters. The van der Waals surface area contributed by atoms with E-state index in [0.717, 1.165) is 17.7 Å². The van der Waals surface area contributed by atoms with E-state index in [9.17, 15) is 0 Å². The van der Waals surface area contributed by atoms with Gasteiger partial charge in [0.25, 0.3) is 0 Å². The molecule has 2 heteroatoms. The van der Waals surface area contributed by atoms with Crippen molar-refractivity contribution in [2.45, 2.75) is 51.8 Å². The second-order valence-electron chi connectivity index (χ2n) is 7.49. The first-order chi connectivity index (χ1) is 10.3. The molecule has 0 fully saturated rings. The van der Waals surface area contributed by atoms with Crippen LogP contribution in [-0.4, -0.2) is 12.8 Å². The quantitative estimate of drug-likeness (QED) is 0.721. The maximum Gasteiger partial charge on any atom is 0.0814 e. The van der Waals surface area contributed by atoms with E-state index in [0.29, 0.717) is 0 Å². The predicted molar refractivity (Wildman–Crippen MR) is 94.2 cm³/mol. The lowest BCUT2D eigenvalue weighted by atomic mass is 9.49. The number of hydrogen-bond donors (Lipinski definition) is 0. The number of hydrogen-bond acceptors (Lipinski definition) is 1. The monoisotopic (exact) mass is 289 g/mol. The van der Waals surface area contributed by atoms with Crippen molar-refractivity contribution in [2.75, 3.05) is 0 Å². The molecule has 1 aliphatic rings. The van der Waals surface area contributed by atoms with Gasteiger partial charge in [0, 0.05) is 11.8 Å². The Morgan fingerprint density at radius 1 is 1.00 bits per heavy atom. The maximum atomic E-state index is 6.84. The van der Waals surface area contributed by atoms with Gasteiger partial charge < -0.3 is 0 Å². The standard InChI is InChI=1S/C20H24BN/c1-6-19(4)16-13-22-17(14-10-8-7-9-11-14)12-15(16)20(5,21)18(19,2)3/h7-13H,6H2,1-5H3. The third-order valence-electron chi connectivity index (χ3n) is 6.51. The van der Waals surface area contributed by atoms with Crippen molar-refractivity contribution in [3.8, 4) is 11.3 Å². The molecule has 1 aromatic carbocycles. The van der Waals surface area contributed by atoms with Gasteiger partial charge in [-0.25, -0.2) is 0 Å². The fourth-order valence-corrected chi connectivity index (χ4v) is 3.97. The van der Waals surface area contributed by atoms with Gasteiger partial charge in [-0.05, 0) is 39.8 Å². The molecule has 0 spiro atoms. The van der Waals surface area contributed by atoms with E-state index < -0.39 is 0 Å². The van der Waals surface area contributed by atoms with Crippen LogP contribution in [0.3, 0.4) is 0 Å². The van der Waals surface area contributed by atoms with Crippen molar-refractivity contribution >= 4 is 7.85 Å². The highest BCUT2D eigenvalue weighted by molar-refractivity contribution is 6.17. The van der Waals surface area contributed by atoms with Gasteiger partial charge in [-0.3, -0.25) is 4.98 Å². The molecule has 1 aliphatic carbocycles. The zero-order chi connectivity index (χ0) is 16.2. The largest absolute Gasteiger partial charge is 0.256 e. The first kappa shape index (κ1) is 15.3. The first-order valence-electron chi connectivity index (χ1n) is 8.11. The van der Waals surface area contributed by atoms with Gasteiger partial charge >= 0.3 is 0 Å². The lowest BCUT2D eigenvalue weighted by molar-refractivity contribution is 0.144. The first-order valence-corrected chi connectivity index (χ1v) is 8.11. The lowest BCUT2D eigenvalue weighted by Gasteiger charge is -2.46. The average molecular weight is 289 g/mol. The molecule has 0 aliphatic heterocycles. The van der Waals surface area contributed by atoms with Crippen molar-refractivity contribution in [2.24, 2.45) is 5.41 Å². The van der Waals surface area contributed by atoms with Crippen LogP contribution in [0.2, 0.25) is 0 Å². The third-order valence-corrected chi connectivity index (χ3v) is 6.51. The molecule has 0 amide bonds. The fraction of sp³-hybridized carbons (Fsp3) is 0.450. The minimum Gasteiger partial charge on any atom is -0.256 e. The zero-order valence-corrected chi connectivity index (χ0v) is 14.3. The van der Waals surface area contributed by atoms with Crippen LogP contribution in [0.25, 0.3) is 11.3 Å². The van der Waals surface area contributed by atoms with Crippen LogP contribution in [0.5, 0.6) is 0 Å². The Kier molecular flexibility index (Phi) is 3.29. The molecule has 0 N–H and O–H groups in total. The number of benzene rings is 1. The number of rotatable bonds is 2. The van der Waals surface area contributed by atoms with Gasteiger partial charge in [0.15, 0.2) is 0 Å². The summed E-state index contributed by atoms with van der Waals surface area (Å²) in [4.78, 5) is 4.74. The summed E-state index contributed by atoms with van der Waals surface area (Å²) in [5, 5.41) is -0.362. The van der Waals surface area contributed by atoms with E-state index in [4.69, 9.17) is 12.8 Å². The van der Waals surface area contributed by atoms with Crippen molar-refractivity contribution in [3.05, 3.63) is 53.7 Å². The highest BCUT2D eigenvalue weighted by Gasteiger charge is 2.57. The van der Waals surface area contributed by atoms with Crippen LogP contribution in [0.4, 0.5) is 0 Å². The molecular formula is C20H24BN. The summed E-state index contributed by atoms with van der Waals surface area (Å²) in [7, 11) is 6.84. The normalized spacial score (nSPS) is 29.3. The van der Waals surface area contributed by atoms with Crippen LogP contribution in [-0.2, 0) is 10.7 Å². The summed E-state index contributed by atoms with van der Waals surface area (Å²) in [6, 6.07) is 12.5. The summed E-state index contributed by atoms with van der Waals surface area (Å²) < 4.78 is 0. The van der Waals surface area contributed by atoms with E-state index in [2.05, 4.69) is 59.0 Å². The molecule has 0 saturated heterocycles. The Bertz CT molecular complexity index is 703. The molecule has 2 radical (unpaired) electrons. The molecule has 0 saturated carbocycles. The highest BCUT2D eigenvalue weighted by Crippen LogP contribution is 2.61. The molecular weight excluding hydrogens is 265 g/mol. The highest BCUT2D eigenvalue weighted by atomic mass is 14.7. The van der Waals surface area contributed by atoms with Crippen molar-refractivity contribution in [1.82, 2.24) is 4.98 Å². The van der Waals surface area contributed by atoms with Gasteiger partial charge in [0.1, 0.15) is 0 Å². The molecule has 0 bridgehead atoms. The number of pyridine rings is 1. The summed E-state index contributed by atoms with van der Waals surface area (Å²) in [6.07, 6.45) is 3.12. The summed E-state index contributed by atoms with van der Waals surface area (Å²) in [6.45, 7) is 11.3. The van der Waals surface area contributed by atoms with Crippen LogP contribution >= 0.6 is 0 Å². The molecule has 22 heavy (non-hydrogen) atoms. The second-order valence-corrected chi connectivity index (χ2v) is 7.49. The SMILES string of the molecule is [B]C1(C)c2cc(-c3ccccc3)ncc2C(C)(CC)C1(C)C. The van der Waals surface area contributed by atoms with E-state index in [1.54, 1.807) is 0 Å². The van der Waals surface area contributed by atoms with Gasteiger partial charge in [0.2, 0.25) is 0 Å². The molecule has 3 rings (SSSR count). The Labute approximate surface area is 135 Å². The number of aromatic nitrogens is 1. The van der Waals surface area contributed by atoms with Crippen molar-refractivity contribution < 1.29 is 0 Å². The smallest absolute Gasteiger partial charge is 0.0814 e. The van der Waals surface area contributed by atoms with E-state index in [1.807, 2.05) is 18.2 Å². The average Bonchev–Trinajstić information content (AvgIpc) is 2.64. The van der Waals surface area contributed by atoms with Crippen molar-refractivity contribution in [3.63, 3.8) is 0 Å². The van der Waals surface area contributed by atoms with E-state index in [1.165, 1.54) is 11.1 Å². The van der Waals surface area contributed by atoms with Crippen LogP contribution in [0, 0.1) is 5.41 Å². The zero-order valence-electron chi connectivity index (χ0n) is 14.3. The molecule has 112 valence electrons. The Balaban J connectivity index is 2.23. The lowest BCUT2D eigenvalue weighted by Crippen LogP contribution is -2.45. The van der Waals surface area contributed by atoms with Crippen LogP contribution < -0.4 is 0 Å². The molecule has 2 atom stereocenters. The summed E-state index contributed by atoms with van der Waals surface area (Å²) in [5.74, 6) is 0. The predicted octanol–water partition coefficient (Wildman–Crippen LogP) is 4.84. The van der Waals surface area contributed by atoms with Gasteiger partial charge in [-0.2, -0.15) is 0 Å². The van der Waals surface area contributed by atoms with Gasteiger partial charge in [-0.1, -0.05) is 65.0 Å². The topological polar surface area (TPSA) is 12.9 Å². The molecule has 1 nitrogen and oxygen atoms in total. The number of fused-ring (bicyclic) bond motifs is 1. The third kappa shape index (κ3) is 1.76. The van der Waals surface area contributed by atoms with Crippen molar-refractivity contribution in [1.29, 1.82) is 0 Å². The molecule has 1 heterocycles. The van der Waals surface area contributed by atoms with Crippen LogP contribution in [0.15, 0.2) is 42.6 Å². The number of nitrogens with zero attached hydrogens (tertiary/aromatic N) is 1. The fourth-order valence-electron chi connectivity index (χ4n) is 3.97. The Morgan fingerprint density at radius 2 is 1.64 bits per heavy atom. The van der Waals surface area contributed by atoms with Gasteiger partial charge in [-0.15, -0.1) is 0 Å². The minimum atomic E-state index is -0.362.